The van der Waals surface area contributed by atoms with Gasteiger partial charge in [0.25, 0.3) is 5.71 Å². The largest absolute Gasteiger partial charge is 0.495 e. The molecule has 1 atom stereocenters. The molecule has 146 valence electrons. The fourth-order valence-corrected chi connectivity index (χ4v) is 3.77. The van der Waals surface area contributed by atoms with Crippen LogP contribution in [0, 0.1) is 12.8 Å². The minimum atomic E-state index is -0.167. The maximum atomic E-state index is 12.8. The van der Waals surface area contributed by atoms with Gasteiger partial charge in [-0.2, -0.15) is 4.98 Å². The average Bonchev–Trinajstić information content (AvgIpc) is 3.09. The van der Waals surface area contributed by atoms with E-state index in [1.165, 1.54) is 6.33 Å². The molecule has 3 aromatic rings. The van der Waals surface area contributed by atoms with E-state index < -0.39 is 0 Å². The summed E-state index contributed by atoms with van der Waals surface area (Å²) in [5.74, 6) is 1.12. The molecule has 0 saturated carbocycles. The second kappa shape index (κ2) is 7.63. The highest BCUT2D eigenvalue weighted by Gasteiger charge is 2.28. The van der Waals surface area contributed by atoms with Crippen LogP contribution < -0.4 is 15.0 Å². The number of piperidine rings is 1. The number of aryl methyl sites for hydroxylation is 1. The molecule has 0 aliphatic carbocycles. The van der Waals surface area contributed by atoms with E-state index in [1.54, 1.807) is 25.3 Å². The summed E-state index contributed by atoms with van der Waals surface area (Å²) in [7, 11) is 1.55. The second-order valence-corrected chi connectivity index (χ2v) is 7.18. The number of nitrogens with one attached hydrogen (secondary N) is 1. The molecule has 1 aliphatic rings. The van der Waals surface area contributed by atoms with Crippen molar-refractivity contribution in [3.8, 4) is 5.75 Å². The average molecular weight is 402 g/mol. The van der Waals surface area contributed by atoms with E-state index in [1.807, 2.05) is 6.92 Å². The zero-order valence-electron chi connectivity index (χ0n) is 15.6. The quantitative estimate of drug-likeness (QED) is 0.715. The van der Waals surface area contributed by atoms with E-state index in [4.69, 9.17) is 20.9 Å². The molecule has 2 aromatic heterocycles. The number of amides is 1. The predicted molar refractivity (Wildman–Crippen MR) is 106 cm³/mol. The van der Waals surface area contributed by atoms with Crippen LogP contribution in [0.3, 0.4) is 0 Å². The van der Waals surface area contributed by atoms with Gasteiger partial charge in [-0.3, -0.25) is 4.79 Å². The SMILES string of the molecule is COc1ccc(NC(=O)[C@@H]2CCCN(c3ncnc4onc(C)c34)C2)cc1Cl. The first-order valence-corrected chi connectivity index (χ1v) is 9.41. The molecule has 8 nitrogen and oxygen atoms in total. The third-order valence-corrected chi connectivity index (χ3v) is 5.23. The van der Waals surface area contributed by atoms with Crippen LogP contribution in [0.2, 0.25) is 5.02 Å². The van der Waals surface area contributed by atoms with E-state index in [9.17, 15) is 4.79 Å². The van der Waals surface area contributed by atoms with E-state index in [0.29, 0.717) is 28.7 Å². The van der Waals surface area contributed by atoms with Gasteiger partial charge in [0, 0.05) is 18.8 Å². The molecule has 1 fully saturated rings. The third-order valence-electron chi connectivity index (χ3n) is 4.93. The molecule has 0 unspecified atom stereocenters. The number of nitrogens with zero attached hydrogens (tertiary/aromatic N) is 4. The first-order valence-electron chi connectivity index (χ1n) is 9.03. The Morgan fingerprint density at radius 3 is 3.04 bits per heavy atom. The van der Waals surface area contributed by atoms with Crippen LogP contribution in [-0.4, -0.2) is 41.2 Å². The van der Waals surface area contributed by atoms with Crippen molar-refractivity contribution < 1.29 is 14.1 Å². The zero-order valence-corrected chi connectivity index (χ0v) is 16.4. The highest BCUT2D eigenvalue weighted by Crippen LogP contribution is 2.31. The molecular formula is C19H20ClN5O3. The number of methoxy groups -OCH3 is 1. The number of ether oxygens (including phenoxy) is 1. The summed E-state index contributed by atoms with van der Waals surface area (Å²) in [6.07, 6.45) is 3.16. The van der Waals surface area contributed by atoms with Crippen LogP contribution in [0.1, 0.15) is 18.5 Å². The molecule has 1 aromatic carbocycles. The predicted octanol–water partition coefficient (Wildman–Crippen LogP) is 3.44. The lowest BCUT2D eigenvalue weighted by Gasteiger charge is -2.33. The summed E-state index contributed by atoms with van der Waals surface area (Å²) >= 11 is 6.15. The number of fused-ring (bicyclic) bond motifs is 1. The first kappa shape index (κ1) is 18.5. The van der Waals surface area contributed by atoms with Gasteiger partial charge in [-0.1, -0.05) is 16.8 Å². The number of aromatic nitrogens is 3. The van der Waals surface area contributed by atoms with Crippen LogP contribution in [0.15, 0.2) is 29.0 Å². The lowest BCUT2D eigenvalue weighted by atomic mass is 9.96. The Kier molecular flexibility index (Phi) is 5.04. The van der Waals surface area contributed by atoms with E-state index in [-0.39, 0.29) is 11.8 Å². The third kappa shape index (κ3) is 3.47. The number of halogens is 1. The van der Waals surface area contributed by atoms with Gasteiger partial charge in [0.2, 0.25) is 5.91 Å². The van der Waals surface area contributed by atoms with Gasteiger partial charge in [-0.05, 0) is 38.0 Å². The molecule has 9 heteroatoms. The minimum absolute atomic E-state index is 0.0433. The maximum absolute atomic E-state index is 12.8. The molecule has 28 heavy (non-hydrogen) atoms. The standard InChI is InChI=1S/C19H20ClN5O3/c1-11-16-17(21-10-22-19(16)28-24-11)25-7-3-4-12(9-25)18(26)23-13-5-6-15(27-2)14(20)8-13/h5-6,8,10,12H,3-4,7,9H2,1-2H3,(H,23,26)/t12-/m1/s1. The topological polar surface area (TPSA) is 93.4 Å². The van der Waals surface area contributed by atoms with Crippen molar-refractivity contribution in [1.82, 2.24) is 15.1 Å². The zero-order chi connectivity index (χ0) is 19.7. The van der Waals surface area contributed by atoms with Gasteiger partial charge >= 0.3 is 0 Å². The normalized spacial score (nSPS) is 17.0. The number of carbonyl (C=O) groups is 1. The Bertz CT molecular complexity index is 1020. The molecule has 0 bridgehead atoms. The van der Waals surface area contributed by atoms with Crippen molar-refractivity contribution in [2.24, 2.45) is 5.92 Å². The molecule has 4 rings (SSSR count). The fourth-order valence-electron chi connectivity index (χ4n) is 3.52. The van der Waals surface area contributed by atoms with Gasteiger partial charge < -0.3 is 19.5 Å². The summed E-state index contributed by atoms with van der Waals surface area (Å²) in [6, 6.07) is 5.20. The smallest absolute Gasteiger partial charge is 0.263 e. The monoisotopic (exact) mass is 401 g/mol. The van der Waals surface area contributed by atoms with Crippen molar-refractivity contribution in [2.45, 2.75) is 19.8 Å². The Morgan fingerprint density at radius 1 is 1.39 bits per heavy atom. The highest BCUT2D eigenvalue weighted by molar-refractivity contribution is 6.32. The summed E-state index contributed by atoms with van der Waals surface area (Å²) in [4.78, 5) is 23.5. The van der Waals surface area contributed by atoms with Crippen molar-refractivity contribution in [1.29, 1.82) is 0 Å². The van der Waals surface area contributed by atoms with Gasteiger partial charge in [0.15, 0.2) is 0 Å². The second-order valence-electron chi connectivity index (χ2n) is 6.77. The number of rotatable bonds is 4. The number of carbonyl (C=O) groups excluding carboxylic acids is 1. The number of hydrogen-bond donors (Lipinski definition) is 1. The van der Waals surface area contributed by atoms with Crippen molar-refractivity contribution in [3.63, 3.8) is 0 Å². The van der Waals surface area contributed by atoms with Crippen molar-refractivity contribution >= 4 is 40.1 Å². The molecule has 3 heterocycles. The molecule has 1 N–H and O–H groups in total. The highest BCUT2D eigenvalue weighted by atomic mass is 35.5. The molecule has 1 aliphatic heterocycles. The van der Waals surface area contributed by atoms with Crippen LogP contribution in [-0.2, 0) is 4.79 Å². The van der Waals surface area contributed by atoms with Crippen molar-refractivity contribution in [2.75, 3.05) is 30.4 Å². The van der Waals surface area contributed by atoms with E-state index >= 15 is 0 Å². The Labute approximate surface area is 166 Å². The van der Waals surface area contributed by atoms with Gasteiger partial charge in [-0.25, -0.2) is 4.98 Å². The lowest BCUT2D eigenvalue weighted by Crippen LogP contribution is -2.41. The van der Waals surface area contributed by atoms with Gasteiger partial charge in [0.05, 0.1) is 23.7 Å². The van der Waals surface area contributed by atoms with Gasteiger partial charge in [0.1, 0.15) is 23.3 Å². The first-order chi connectivity index (χ1) is 13.6. The molecular weight excluding hydrogens is 382 g/mol. The lowest BCUT2D eigenvalue weighted by molar-refractivity contribution is -0.120. The van der Waals surface area contributed by atoms with Crippen LogP contribution >= 0.6 is 11.6 Å². The number of benzene rings is 1. The number of hydrogen-bond acceptors (Lipinski definition) is 7. The Hall–Kier alpha value is -2.87. The minimum Gasteiger partial charge on any atom is -0.495 e. The molecule has 0 radical (unpaired) electrons. The van der Waals surface area contributed by atoms with Crippen LogP contribution in [0.4, 0.5) is 11.5 Å². The molecule has 0 spiro atoms. The summed E-state index contributed by atoms with van der Waals surface area (Å²) < 4.78 is 10.4. The van der Waals surface area contributed by atoms with E-state index in [2.05, 4.69) is 25.3 Å². The fraction of sp³-hybridized carbons (Fsp3) is 0.368. The molecule has 1 amide bonds. The Morgan fingerprint density at radius 2 is 2.25 bits per heavy atom. The molecule has 1 saturated heterocycles. The number of anilines is 2. The van der Waals surface area contributed by atoms with Crippen molar-refractivity contribution in [3.05, 3.63) is 35.2 Å². The van der Waals surface area contributed by atoms with Crippen LogP contribution in [0.5, 0.6) is 5.75 Å². The summed E-state index contributed by atoms with van der Waals surface area (Å²) in [6.45, 7) is 3.24. The van der Waals surface area contributed by atoms with E-state index in [0.717, 1.165) is 36.3 Å². The van der Waals surface area contributed by atoms with Gasteiger partial charge in [-0.15, -0.1) is 0 Å². The Balaban J connectivity index is 1.51. The summed E-state index contributed by atoms with van der Waals surface area (Å²) in [5.41, 5.74) is 1.85. The maximum Gasteiger partial charge on any atom is 0.263 e. The summed E-state index contributed by atoms with van der Waals surface area (Å²) in [5, 5.41) is 8.18. The van der Waals surface area contributed by atoms with Crippen LogP contribution in [0.25, 0.3) is 11.1 Å².